The summed E-state index contributed by atoms with van der Waals surface area (Å²) in [6.07, 6.45) is 1.18. The molecule has 0 amide bonds. The Morgan fingerprint density at radius 2 is 2.06 bits per heavy atom. The summed E-state index contributed by atoms with van der Waals surface area (Å²) in [6, 6.07) is 6.57. The van der Waals surface area contributed by atoms with E-state index in [-0.39, 0.29) is 0 Å². The Kier molecular flexibility index (Phi) is 2.58. The molecule has 16 heavy (non-hydrogen) atoms. The van der Waals surface area contributed by atoms with Gasteiger partial charge in [0, 0.05) is 24.3 Å². The fourth-order valence-corrected chi connectivity index (χ4v) is 2.15. The minimum absolute atomic E-state index is 0.530. The standard InChI is InChI=1S/C12H16N2O2/c1-2-11-12(16-6-5-15-11)7-9(1)14-10-3-4-13-8-10/h1-2,7,10,13-14H,3-6,8H2. The summed E-state index contributed by atoms with van der Waals surface area (Å²) in [5.74, 6) is 1.70. The Balaban J connectivity index is 1.74. The first kappa shape index (κ1) is 9.78. The highest BCUT2D eigenvalue weighted by molar-refractivity contribution is 5.55. The lowest BCUT2D eigenvalue weighted by atomic mass is 10.2. The molecular formula is C12H16N2O2. The van der Waals surface area contributed by atoms with Gasteiger partial charge < -0.3 is 20.1 Å². The SMILES string of the molecule is c1cc2c(cc1NC1CCNC1)OCCO2. The predicted octanol–water partition coefficient (Wildman–Crippen LogP) is 1.23. The second kappa shape index (κ2) is 4.22. The van der Waals surface area contributed by atoms with Gasteiger partial charge in [0.15, 0.2) is 11.5 Å². The van der Waals surface area contributed by atoms with Crippen LogP contribution in [0.1, 0.15) is 6.42 Å². The highest BCUT2D eigenvalue weighted by Gasteiger charge is 2.16. The number of anilines is 1. The highest BCUT2D eigenvalue weighted by atomic mass is 16.6. The van der Waals surface area contributed by atoms with Crippen LogP contribution < -0.4 is 20.1 Å². The van der Waals surface area contributed by atoms with Gasteiger partial charge in [-0.2, -0.15) is 0 Å². The number of benzene rings is 1. The number of hydrogen-bond acceptors (Lipinski definition) is 4. The van der Waals surface area contributed by atoms with Gasteiger partial charge in [0.2, 0.25) is 0 Å². The molecule has 2 heterocycles. The van der Waals surface area contributed by atoms with Crippen molar-refractivity contribution in [2.24, 2.45) is 0 Å². The highest BCUT2D eigenvalue weighted by Crippen LogP contribution is 2.32. The van der Waals surface area contributed by atoms with E-state index in [4.69, 9.17) is 9.47 Å². The smallest absolute Gasteiger partial charge is 0.163 e. The zero-order valence-electron chi connectivity index (χ0n) is 9.16. The van der Waals surface area contributed by atoms with Crippen molar-refractivity contribution in [3.05, 3.63) is 18.2 Å². The van der Waals surface area contributed by atoms with E-state index in [2.05, 4.69) is 10.6 Å². The molecule has 0 aliphatic carbocycles. The first-order valence-corrected chi connectivity index (χ1v) is 5.79. The van der Waals surface area contributed by atoms with Crippen molar-refractivity contribution in [3.63, 3.8) is 0 Å². The Morgan fingerprint density at radius 1 is 1.19 bits per heavy atom. The third-order valence-corrected chi connectivity index (χ3v) is 2.97. The molecule has 1 aromatic carbocycles. The quantitative estimate of drug-likeness (QED) is 0.786. The molecule has 2 N–H and O–H groups in total. The second-order valence-corrected chi connectivity index (χ2v) is 4.19. The molecule has 0 radical (unpaired) electrons. The first-order valence-electron chi connectivity index (χ1n) is 5.79. The maximum atomic E-state index is 5.55. The van der Waals surface area contributed by atoms with Crippen LogP contribution in [-0.2, 0) is 0 Å². The molecule has 4 heteroatoms. The van der Waals surface area contributed by atoms with Gasteiger partial charge in [-0.3, -0.25) is 0 Å². The van der Waals surface area contributed by atoms with Crippen molar-refractivity contribution in [1.82, 2.24) is 5.32 Å². The lowest BCUT2D eigenvalue weighted by molar-refractivity contribution is 0.171. The molecule has 2 aliphatic rings. The van der Waals surface area contributed by atoms with Crippen molar-refractivity contribution < 1.29 is 9.47 Å². The third-order valence-electron chi connectivity index (χ3n) is 2.97. The van der Waals surface area contributed by atoms with E-state index in [9.17, 15) is 0 Å². The summed E-state index contributed by atoms with van der Waals surface area (Å²) >= 11 is 0. The second-order valence-electron chi connectivity index (χ2n) is 4.19. The maximum absolute atomic E-state index is 5.55. The fraction of sp³-hybridized carbons (Fsp3) is 0.500. The summed E-state index contributed by atoms with van der Waals surface area (Å²) in [4.78, 5) is 0. The van der Waals surface area contributed by atoms with Crippen LogP contribution in [0.4, 0.5) is 5.69 Å². The van der Waals surface area contributed by atoms with Gasteiger partial charge in [-0.1, -0.05) is 0 Å². The lowest BCUT2D eigenvalue weighted by Gasteiger charge is -2.20. The topological polar surface area (TPSA) is 42.5 Å². The van der Waals surface area contributed by atoms with Gasteiger partial charge in [-0.25, -0.2) is 0 Å². The van der Waals surface area contributed by atoms with Crippen LogP contribution in [0.2, 0.25) is 0 Å². The van der Waals surface area contributed by atoms with Crippen LogP contribution in [0.3, 0.4) is 0 Å². The largest absolute Gasteiger partial charge is 0.486 e. The third kappa shape index (κ3) is 1.93. The van der Waals surface area contributed by atoms with E-state index in [1.807, 2.05) is 18.2 Å². The molecule has 86 valence electrons. The zero-order valence-corrected chi connectivity index (χ0v) is 9.16. The van der Waals surface area contributed by atoms with Crippen LogP contribution >= 0.6 is 0 Å². The molecule has 0 bridgehead atoms. The van der Waals surface area contributed by atoms with E-state index in [0.29, 0.717) is 19.3 Å². The fourth-order valence-electron chi connectivity index (χ4n) is 2.15. The monoisotopic (exact) mass is 220 g/mol. The Morgan fingerprint density at radius 3 is 2.88 bits per heavy atom. The van der Waals surface area contributed by atoms with E-state index in [1.165, 1.54) is 6.42 Å². The normalized spacial score (nSPS) is 23.1. The molecule has 4 nitrogen and oxygen atoms in total. The molecule has 1 aromatic rings. The van der Waals surface area contributed by atoms with Gasteiger partial charge in [0.25, 0.3) is 0 Å². The van der Waals surface area contributed by atoms with Crippen LogP contribution in [0, 0.1) is 0 Å². The van der Waals surface area contributed by atoms with Crippen molar-refractivity contribution in [2.45, 2.75) is 12.5 Å². The molecular weight excluding hydrogens is 204 g/mol. The van der Waals surface area contributed by atoms with Crippen molar-refractivity contribution in [1.29, 1.82) is 0 Å². The average Bonchev–Trinajstić information content (AvgIpc) is 2.82. The van der Waals surface area contributed by atoms with E-state index in [1.54, 1.807) is 0 Å². The van der Waals surface area contributed by atoms with Gasteiger partial charge >= 0.3 is 0 Å². The predicted molar refractivity (Wildman–Crippen MR) is 62.3 cm³/mol. The summed E-state index contributed by atoms with van der Waals surface area (Å²) in [7, 11) is 0. The molecule has 1 saturated heterocycles. The average molecular weight is 220 g/mol. The summed E-state index contributed by atoms with van der Waals surface area (Å²) in [5.41, 5.74) is 1.11. The summed E-state index contributed by atoms with van der Waals surface area (Å²) in [6.45, 7) is 3.42. The van der Waals surface area contributed by atoms with Crippen LogP contribution in [-0.4, -0.2) is 32.3 Å². The maximum Gasteiger partial charge on any atom is 0.163 e. The Labute approximate surface area is 94.9 Å². The number of fused-ring (bicyclic) bond motifs is 1. The van der Waals surface area contributed by atoms with Crippen LogP contribution in [0.5, 0.6) is 11.5 Å². The van der Waals surface area contributed by atoms with Crippen molar-refractivity contribution in [2.75, 3.05) is 31.6 Å². The number of hydrogen-bond donors (Lipinski definition) is 2. The van der Waals surface area contributed by atoms with E-state index >= 15 is 0 Å². The first-order chi connectivity index (χ1) is 7.92. The van der Waals surface area contributed by atoms with E-state index < -0.39 is 0 Å². The van der Waals surface area contributed by atoms with Crippen molar-refractivity contribution in [3.8, 4) is 11.5 Å². The van der Waals surface area contributed by atoms with Gasteiger partial charge in [-0.15, -0.1) is 0 Å². The molecule has 1 atom stereocenters. The number of nitrogens with one attached hydrogen (secondary N) is 2. The molecule has 2 aliphatic heterocycles. The molecule has 0 aromatic heterocycles. The summed E-state index contributed by atoms with van der Waals surface area (Å²) < 4.78 is 11.0. The molecule has 1 unspecified atom stereocenters. The van der Waals surface area contributed by atoms with Gasteiger partial charge in [-0.05, 0) is 25.1 Å². The minimum Gasteiger partial charge on any atom is -0.486 e. The molecule has 1 fully saturated rings. The van der Waals surface area contributed by atoms with E-state index in [0.717, 1.165) is 30.3 Å². The summed E-state index contributed by atoms with van der Waals surface area (Å²) in [5, 5.41) is 6.83. The Hall–Kier alpha value is -1.42. The molecule has 0 spiro atoms. The lowest BCUT2D eigenvalue weighted by Crippen LogP contribution is -2.22. The van der Waals surface area contributed by atoms with Gasteiger partial charge in [0.05, 0.1) is 0 Å². The number of rotatable bonds is 2. The molecule has 0 saturated carbocycles. The minimum atomic E-state index is 0.530. The Bertz CT molecular complexity index is 375. The number of ether oxygens (including phenoxy) is 2. The van der Waals surface area contributed by atoms with Crippen LogP contribution in [0.15, 0.2) is 18.2 Å². The zero-order chi connectivity index (χ0) is 10.8. The van der Waals surface area contributed by atoms with Gasteiger partial charge in [0.1, 0.15) is 13.2 Å². The van der Waals surface area contributed by atoms with Crippen LogP contribution in [0.25, 0.3) is 0 Å². The van der Waals surface area contributed by atoms with Crippen molar-refractivity contribution >= 4 is 5.69 Å². The molecule has 3 rings (SSSR count).